The van der Waals surface area contributed by atoms with Crippen LogP contribution in [0.4, 0.5) is 26.2 Å². The van der Waals surface area contributed by atoms with Crippen LogP contribution >= 0.6 is 23.2 Å². The fraction of sp³-hybridized carbons (Fsp3) is 0.200. The molecule has 6 nitrogen and oxygen atoms in total. The molecule has 0 bridgehead atoms. The molecule has 0 spiro atoms. The lowest BCUT2D eigenvalue weighted by atomic mass is 10.1. The maximum absolute atomic E-state index is 13.2. The molecule has 4 rings (SSSR count). The molecule has 0 saturated carbocycles. The number of carbonyl (C=O) groups is 2. The van der Waals surface area contributed by atoms with Gasteiger partial charge in [-0.05, 0) is 66.9 Å². The summed E-state index contributed by atoms with van der Waals surface area (Å²) < 4.78 is 13.2. The zero-order valence-corrected chi connectivity index (χ0v) is 19.7. The van der Waals surface area contributed by atoms with Crippen LogP contribution < -0.4 is 20.9 Å². The summed E-state index contributed by atoms with van der Waals surface area (Å²) in [4.78, 5) is 27.8. The third-order valence-electron chi connectivity index (χ3n) is 5.49. The van der Waals surface area contributed by atoms with Crippen molar-refractivity contribution in [1.29, 1.82) is 0 Å². The molecule has 1 aliphatic rings. The number of halogens is 3. The van der Waals surface area contributed by atoms with E-state index in [0.717, 1.165) is 37.2 Å². The minimum atomic E-state index is -0.481. The fourth-order valence-electron chi connectivity index (χ4n) is 3.78. The van der Waals surface area contributed by atoms with Crippen LogP contribution in [0.1, 0.15) is 28.8 Å². The van der Waals surface area contributed by atoms with E-state index >= 15 is 0 Å². The van der Waals surface area contributed by atoms with Gasteiger partial charge < -0.3 is 20.9 Å². The van der Waals surface area contributed by atoms with Gasteiger partial charge in [-0.25, -0.2) is 9.18 Å². The molecule has 1 aliphatic heterocycles. The molecule has 9 heteroatoms. The molecular formula is C25H23Cl2FN4O2. The fourth-order valence-corrected chi connectivity index (χ4v) is 4.07. The van der Waals surface area contributed by atoms with E-state index in [1.165, 1.54) is 12.1 Å². The number of urea groups is 1. The minimum absolute atomic E-state index is 0.258. The second-order valence-corrected chi connectivity index (χ2v) is 8.76. The van der Waals surface area contributed by atoms with E-state index in [2.05, 4.69) is 20.9 Å². The van der Waals surface area contributed by atoms with Crippen LogP contribution in [-0.2, 0) is 6.54 Å². The van der Waals surface area contributed by atoms with E-state index in [-0.39, 0.29) is 18.3 Å². The van der Waals surface area contributed by atoms with Gasteiger partial charge in [0, 0.05) is 36.7 Å². The Kier molecular flexibility index (Phi) is 7.55. The number of rotatable bonds is 6. The van der Waals surface area contributed by atoms with Crippen LogP contribution in [0.3, 0.4) is 0 Å². The van der Waals surface area contributed by atoms with Crippen molar-refractivity contribution in [3.05, 3.63) is 87.7 Å². The van der Waals surface area contributed by atoms with Gasteiger partial charge in [-0.3, -0.25) is 4.79 Å². The molecule has 3 N–H and O–H groups in total. The van der Waals surface area contributed by atoms with Crippen molar-refractivity contribution in [3.8, 4) is 0 Å². The zero-order chi connectivity index (χ0) is 24.1. The lowest BCUT2D eigenvalue weighted by Crippen LogP contribution is -2.27. The van der Waals surface area contributed by atoms with Crippen LogP contribution in [0.15, 0.2) is 60.7 Å². The van der Waals surface area contributed by atoms with Crippen molar-refractivity contribution in [1.82, 2.24) is 5.32 Å². The summed E-state index contributed by atoms with van der Waals surface area (Å²) >= 11 is 11.9. The highest BCUT2D eigenvalue weighted by Crippen LogP contribution is 2.28. The van der Waals surface area contributed by atoms with E-state index in [1.54, 1.807) is 42.5 Å². The number of hydrogen-bond acceptors (Lipinski definition) is 3. The monoisotopic (exact) mass is 500 g/mol. The standard InChI is InChI=1S/C25H23Cl2FN4O2/c26-21-9-7-19(14-22(21)27)31-25(34)30-18-8-10-23(32-11-1-2-12-32)20(13-18)24(33)29-15-16-3-5-17(28)6-4-16/h3-10,13-14H,1-2,11-12,15H2,(H,29,33)(H2,30,31,34). The van der Waals surface area contributed by atoms with Crippen molar-refractivity contribution in [3.63, 3.8) is 0 Å². The molecule has 0 aromatic heterocycles. The summed E-state index contributed by atoms with van der Waals surface area (Å²) in [7, 11) is 0. The summed E-state index contributed by atoms with van der Waals surface area (Å²) in [5.41, 5.74) is 3.00. The van der Waals surface area contributed by atoms with E-state index in [9.17, 15) is 14.0 Å². The van der Waals surface area contributed by atoms with Gasteiger partial charge in [0.25, 0.3) is 5.91 Å². The van der Waals surface area contributed by atoms with Crippen molar-refractivity contribution in [2.45, 2.75) is 19.4 Å². The van der Waals surface area contributed by atoms with Crippen LogP contribution in [0.5, 0.6) is 0 Å². The summed E-state index contributed by atoms with van der Waals surface area (Å²) in [6.07, 6.45) is 2.12. The molecule has 0 radical (unpaired) electrons. The van der Waals surface area contributed by atoms with Crippen molar-refractivity contribution in [2.75, 3.05) is 28.6 Å². The summed E-state index contributed by atoms with van der Waals surface area (Å²) in [5.74, 6) is -0.607. The molecule has 1 fully saturated rings. The van der Waals surface area contributed by atoms with Crippen molar-refractivity contribution in [2.24, 2.45) is 0 Å². The third-order valence-corrected chi connectivity index (χ3v) is 6.23. The molecule has 0 aliphatic carbocycles. The second kappa shape index (κ2) is 10.8. The number of carbonyl (C=O) groups excluding carboxylic acids is 2. The quantitative estimate of drug-likeness (QED) is 0.371. The molecule has 3 amide bonds. The van der Waals surface area contributed by atoms with Crippen molar-refractivity contribution >= 4 is 52.2 Å². The first-order chi connectivity index (χ1) is 16.4. The van der Waals surface area contributed by atoms with E-state index in [1.807, 2.05) is 6.07 Å². The summed E-state index contributed by atoms with van der Waals surface area (Å²) in [6, 6.07) is 15.5. The topological polar surface area (TPSA) is 73.5 Å². The first-order valence-corrected chi connectivity index (χ1v) is 11.6. The Morgan fingerprint density at radius 3 is 2.18 bits per heavy atom. The van der Waals surface area contributed by atoms with Gasteiger partial charge in [0.2, 0.25) is 0 Å². The molecule has 34 heavy (non-hydrogen) atoms. The first kappa shape index (κ1) is 23.9. The van der Waals surface area contributed by atoms with Gasteiger partial charge in [0.15, 0.2) is 0 Å². The Hall–Kier alpha value is -3.29. The molecule has 1 saturated heterocycles. The number of benzene rings is 3. The minimum Gasteiger partial charge on any atom is -0.371 e. The third kappa shape index (κ3) is 5.98. The number of hydrogen-bond donors (Lipinski definition) is 3. The van der Waals surface area contributed by atoms with E-state index in [4.69, 9.17) is 23.2 Å². The highest BCUT2D eigenvalue weighted by molar-refractivity contribution is 6.42. The van der Waals surface area contributed by atoms with Crippen LogP contribution in [0.2, 0.25) is 10.0 Å². The number of nitrogens with one attached hydrogen (secondary N) is 3. The Labute approximate surface area is 207 Å². The molecular weight excluding hydrogens is 478 g/mol. The van der Waals surface area contributed by atoms with Gasteiger partial charge in [0.1, 0.15) is 5.82 Å². The van der Waals surface area contributed by atoms with Gasteiger partial charge in [0.05, 0.1) is 15.6 Å². The zero-order valence-electron chi connectivity index (χ0n) is 18.2. The Morgan fingerprint density at radius 2 is 1.50 bits per heavy atom. The predicted octanol–water partition coefficient (Wildman–Crippen LogP) is 6.31. The highest BCUT2D eigenvalue weighted by Gasteiger charge is 2.20. The average Bonchev–Trinajstić information content (AvgIpc) is 3.35. The molecule has 0 atom stereocenters. The van der Waals surface area contributed by atoms with Gasteiger partial charge >= 0.3 is 6.03 Å². The Bertz CT molecular complexity index is 1200. The maximum Gasteiger partial charge on any atom is 0.323 e. The smallest absolute Gasteiger partial charge is 0.323 e. The Balaban J connectivity index is 1.50. The number of anilines is 3. The highest BCUT2D eigenvalue weighted by atomic mass is 35.5. The summed E-state index contributed by atoms with van der Waals surface area (Å²) in [6.45, 7) is 1.99. The lowest BCUT2D eigenvalue weighted by Gasteiger charge is -2.22. The number of nitrogens with zero attached hydrogens (tertiary/aromatic N) is 1. The number of amides is 3. The predicted molar refractivity (Wildman–Crippen MR) is 135 cm³/mol. The van der Waals surface area contributed by atoms with Crippen LogP contribution in [-0.4, -0.2) is 25.0 Å². The van der Waals surface area contributed by atoms with Crippen LogP contribution in [0.25, 0.3) is 0 Å². The first-order valence-electron chi connectivity index (χ1n) is 10.8. The second-order valence-electron chi connectivity index (χ2n) is 7.94. The van der Waals surface area contributed by atoms with Crippen molar-refractivity contribution < 1.29 is 14.0 Å². The van der Waals surface area contributed by atoms with Gasteiger partial charge in [-0.1, -0.05) is 35.3 Å². The van der Waals surface area contributed by atoms with E-state index < -0.39 is 6.03 Å². The maximum atomic E-state index is 13.2. The molecule has 3 aromatic rings. The molecule has 0 unspecified atom stereocenters. The molecule has 1 heterocycles. The van der Waals surface area contributed by atoms with E-state index in [0.29, 0.717) is 27.0 Å². The largest absolute Gasteiger partial charge is 0.371 e. The molecule has 176 valence electrons. The molecule has 3 aromatic carbocycles. The SMILES string of the molecule is O=C(Nc1ccc(Cl)c(Cl)c1)Nc1ccc(N2CCCC2)c(C(=O)NCc2ccc(F)cc2)c1. The summed E-state index contributed by atoms with van der Waals surface area (Å²) in [5, 5.41) is 9.05. The van der Waals surface area contributed by atoms with Crippen LogP contribution in [0, 0.1) is 5.82 Å². The lowest BCUT2D eigenvalue weighted by molar-refractivity contribution is 0.0951. The van der Waals surface area contributed by atoms with Gasteiger partial charge in [-0.15, -0.1) is 0 Å². The Morgan fingerprint density at radius 1 is 0.853 bits per heavy atom. The normalized spacial score (nSPS) is 13.0. The van der Waals surface area contributed by atoms with Gasteiger partial charge in [-0.2, -0.15) is 0 Å². The average molecular weight is 501 g/mol.